The number of likely N-dealkylation sites (N-methyl/N-ethyl adjacent to an activating group) is 1. The van der Waals surface area contributed by atoms with Crippen LogP contribution < -0.4 is 10.2 Å². The lowest BCUT2D eigenvalue weighted by Gasteiger charge is -2.32. The number of rotatable bonds is 11. The third kappa shape index (κ3) is 6.55. The van der Waals surface area contributed by atoms with Gasteiger partial charge in [0.15, 0.2) is 0 Å². The second-order valence-corrected chi connectivity index (χ2v) is 9.70. The first-order valence-corrected chi connectivity index (χ1v) is 13.0. The fourth-order valence-electron chi connectivity index (χ4n) is 4.60. The fraction of sp³-hybridized carbons (Fsp3) is 0.429. The summed E-state index contributed by atoms with van der Waals surface area (Å²) in [6.07, 6.45) is 3.03. The molecule has 2 heterocycles. The van der Waals surface area contributed by atoms with E-state index in [1.807, 2.05) is 30.1 Å². The highest BCUT2D eigenvalue weighted by atomic mass is 19.1. The van der Waals surface area contributed by atoms with Crippen LogP contribution >= 0.6 is 0 Å². The Morgan fingerprint density at radius 1 is 1.08 bits per heavy atom. The van der Waals surface area contributed by atoms with Gasteiger partial charge in [0, 0.05) is 44.9 Å². The molecule has 3 aromatic rings. The molecule has 0 aliphatic carbocycles. The number of hydrogen-bond acceptors (Lipinski definition) is 7. The highest BCUT2D eigenvalue weighted by Gasteiger charge is 2.27. The maximum atomic E-state index is 13.7. The minimum atomic E-state index is -0.286. The number of hydrogen-bond donors (Lipinski definition) is 1. The Balaban J connectivity index is 1.50. The molecule has 0 bridgehead atoms. The number of hydrazine groups is 1. The van der Waals surface area contributed by atoms with Crippen molar-refractivity contribution in [2.24, 2.45) is 0 Å². The van der Waals surface area contributed by atoms with Gasteiger partial charge >= 0.3 is 0 Å². The summed E-state index contributed by atoms with van der Waals surface area (Å²) in [5.41, 5.74) is 4.31. The van der Waals surface area contributed by atoms with Crippen molar-refractivity contribution in [3.8, 4) is 11.4 Å². The van der Waals surface area contributed by atoms with E-state index in [-0.39, 0.29) is 30.7 Å². The van der Waals surface area contributed by atoms with Crippen LogP contribution in [0.3, 0.4) is 0 Å². The summed E-state index contributed by atoms with van der Waals surface area (Å²) in [7, 11) is 1.71. The second-order valence-electron chi connectivity index (χ2n) is 9.70. The summed E-state index contributed by atoms with van der Waals surface area (Å²) in [6, 6.07) is 10.4. The topological polar surface area (TPSA) is 94.8 Å². The van der Waals surface area contributed by atoms with Gasteiger partial charge in [-0.3, -0.25) is 14.6 Å². The van der Waals surface area contributed by atoms with Gasteiger partial charge in [0.25, 0.3) is 5.91 Å². The summed E-state index contributed by atoms with van der Waals surface area (Å²) in [5, 5.41) is 10.4. The summed E-state index contributed by atoms with van der Waals surface area (Å²) in [6.45, 7) is 7.39. The Labute approximate surface area is 222 Å². The quantitative estimate of drug-likeness (QED) is 0.381. The Morgan fingerprint density at radius 3 is 2.58 bits per heavy atom. The number of halogens is 1. The third-order valence-electron chi connectivity index (χ3n) is 6.75. The van der Waals surface area contributed by atoms with Crippen molar-refractivity contribution in [1.29, 1.82) is 0 Å². The lowest BCUT2D eigenvalue weighted by atomic mass is 10.1. The van der Waals surface area contributed by atoms with Gasteiger partial charge in [-0.2, -0.15) is 4.98 Å². The highest BCUT2D eigenvalue weighted by Crippen LogP contribution is 2.27. The van der Waals surface area contributed by atoms with Crippen LogP contribution in [0.1, 0.15) is 48.8 Å². The Hall–Kier alpha value is -3.79. The van der Waals surface area contributed by atoms with Crippen LogP contribution in [-0.4, -0.2) is 58.7 Å². The zero-order valence-corrected chi connectivity index (χ0v) is 22.5. The number of unbranched alkanes of at least 4 members (excludes halogenated alkanes) is 2. The number of carbonyl (C=O) groups excluding carboxylic acids is 2. The van der Waals surface area contributed by atoms with Gasteiger partial charge in [-0.25, -0.2) is 9.40 Å². The molecule has 1 aliphatic rings. The normalized spacial score (nSPS) is 12.9. The number of fused-ring (bicyclic) bond motifs is 1. The van der Waals surface area contributed by atoms with E-state index in [2.05, 4.69) is 22.4 Å². The van der Waals surface area contributed by atoms with Crippen molar-refractivity contribution in [3.63, 3.8) is 0 Å². The van der Waals surface area contributed by atoms with Crippen molar-refractivity contribution >= 4 is 17.5 Å². The van der Waals surface area contributed by atoms with Gasteiger partial charge in [-0.1, -0.05) is 31.0 Å². The predicted octanol–water partition coefficient (Wildman–Crippen LogP) is 3.99. The van der Waals surface area contributed by atoms with Gasteiger partial charge < -0.3 is 14.7 Å². The molecule has 0 radical (unpaired) electrons. The minimum Gasteiger partial charge on any atom is -0.355 e. The maximum Gasteiger partial charge on any atom is 0.256 e. The molecule has 9 nitrogen and oxygen atoms in total. The van der Waals surface area contributed by atoms with E-state index in [4.69, 9.17) is 4.52 Å². The summed E-state index contributed by atoms with van der Waals surface area (Å²) in [4.78, 5) is 32.3. The summed E-state index contributed by atoms with van der Waals surface area (Å²) >= 11 is 0. The Kier molecular flexibility index (Phi) is 8.73. The summed E-state index contributed by atoms with van der Waals surface area (Å²) < 4.78 is 18.8. The third-order valence-corrected chi connectivity index (χ3v) is 6.75. The number of nitrogens with zero attached hydrogens (tertiary/aromatic N) is 5. The molecule has 0 atom stereocenters. The van der Waals surface area contributed by atoms with Gasteiger partial charge in [-0.15, -0.1) is 0 Å². The molecular weight excluding hydrogens is 487 g/mol. The average molecular weight is 523 g/mol. The van der Waals surface area contributed by atoms with E-state index in [1.54, 1.807) is 29.9 Å². The standard InChI is InChI=1S/C28H35FN6O3/c1-5-6-7-12-30-26(36)17-34(25-11-9-21(13-19(25)2)28-31-20(3)38-32-28)18-27(37)33(4)35-15-22-8-10-24(29)14-23(22)16-35/h8-11,13-14H,5-7,12,15-18H2,1-4H3,(H,30,36). The molecule has 0 saturated heterocycles. The van der Waals surface area contributed by atoms with Crippen molar-refractivity contribution in [2.45, 2.75) is 53.1 Å². The number of aromatic nitrogens is 2. The molecule has 10 heteroatoms. The van der Waals surface area contributed by atoms with Crippen LogP contribution in [0.4, 0.5) is 10.1 Å². The molecule has 1 aromatic heterocycles. The SMILES string of the molecule is CCCCCNC(=O)CN(CC(=O)N(C)N1Cc2ccc(F)cc2C1)c1ccc(-c2noc(C)n2)cc1C. The lowest BCUT2D eigenvalue weighted by molar-refractivity contribution is -0.145. The molecule has 38 heavy (non-hydrogen) atoms. The molecule has 0 unspecified atom stereocenters. The molecule has 2 aromatic carbocycles. The molecular formula is C28H35FN6O3. The monoisotopic (exact) mass is 522 g/mol. The number of aryl methyl sites for hydroxylation is 2. The number of nitrogens with one attached hydrogen (secondary N) is 1. The number of carbonyl (C=O) groups is 2. The molecule has 1 aliphatic heterocycles. The number of benzene rings is 2. The highest BCUT2D eigenvalue weighted by molar-refractivity contribution is 5.87. The maximum absolute atomic E-state index is 13.7. The van der Waals surface area contributed by atoms with E-state index in [0.717, 1.165) is 47.2 Å². The molecule has 202 valence electrons. The van der Waals surface area contributed by atoms with Crippen LogP contribution in [0.5, 0.6) is 0 Å². The first-order chi connectivity index (χ1) is 18.2. The molecule has 2 amide bonds. The first-order valence-electron chi connectivity index (χ1n) is 13.0. The fourth-order valence-corrected chi connectivity index (χ4v) is 4.60. The van der Waals surface area contributed by atoms with Gasteiger partial charge in [0.1, 0.15) is 5.82 Å². The number of amides is 2. The van der Waals surface area contributed by atoms with Gasteiger partial charge in [0.2, 0.25) is 17.6 Å². The molecule has 1 N–H and O–H groups in total. The second kappa shape index (κ2) is 12.2. The van der Waals surface area contributed by atoms with Gasteiger partial charge in [-0.05, 0) is 60.4 Å². The van der Waals surface area contributed by atoms with E-state index in [9.17, 15) is 14.0 Å². The van der Waals surface area contributed by atoms with Crippen molar-refractivity contribution in [3.05, 3.63) is 64.8 Å². The van der Waals surface area contributed by atoms with Crippen molar-refractivity contribution < 1.29 is 18.5 Å². The van der Waals surface area contributed by atoms with E-state index in [0.29, 0.717) is 31.3 Å². The van der Waals surface area contributed by atoms with Crippen LogP contribution in [0, 0.1) is 19.7 Å². The predicted molar refractivity (Wildman–Crippen MR) is 142 cm³/mol. The van der Waals surface area contributed by atoms with Crippen LogP contribution in [0.2, 0.25) is 0 Å². The molecule has 0 saturated carbocycles. The molecule has 4 rings (SSSR count). The van der Waals surface area contributed by atoms with E-state index >= 15 is 0 Å². The number of anilines is 1. The van der Waals surface area contributed by atoms with Crippen molar-refractivity contribution in [2.75, 3.05) is 31.6 Å². The zero-order valence-electron chi connectivity index (χ0n) is 22.5. The van der Waals surface area contributed by atoms with E-state index < -0.39 is 0 Å². The lowest BCUT2D eigenvalue weighted by Crippen LogP contribution is -2.48. The summed E-state index contributed by atoms with van der Waals surface area (Å²) in [5.74, 6) is 0.361. The van der Waals surface area contributed by atoms with Crippen LogP contribution in [0.15, 0.2) is 40.9 Å². The molecule has 0 fully saturated rings. The first kappa shape index (κ1) is 27.3. The van der Waals surface area contributed by atoms with Crippen LogP contribution in [0.25, 0.3) is 11.4 Å². The molecule has 0 spiro atoms. The largest absolute Gasteiger partial charge is 0.355 e. The Bertz CT molecular complexity index is 1290. The smallest absolute Gasteiger partial charge is 0.256 e. The minimum absolute atomic E-state index is 0.00158. The Morgan fingerprint density at radius 2 is 1.87 bits per heavy atom. The van der Waals surface area contributed by atoms with Crippen LogP contribution in [-0.2, 0) is 22.7 Å². The van der Waals surface area contributed by atoms with Crippen molar-refractivity contribution in [1.82, 2.24) is 25.5 Å². The van der Waals surface area contributed by atoms with E-state index in [1.165, 1.54) is 12.1 Å². The van der Waals surface area contributed by atoms with Gasteiger partial charge in [0.05, 0.1) is 13.1 Å². The average Bonchev–Trinajstić information content (AvgIpc) is 3.51. The zero-order chi connectivity index (χ0) is 27.2.